The number of ether oxygens (including phenoxy) is 2. The third-order valence-corrected chi connectivity index (χ3v) is 8.10. The molecular formula is C26H29FN2O5S2. The van der Waals surface area contributed by atoms with Crippen molar-refractivity contribution in [3.05, 3.63) is 83.7 Å². The Morgan fingerprint density at radius 1 is 1.00 bits per heavy atom. The van der Waals surface area contributed by atoms with E-state index in [4.69, 9.17) is 9.47 Å². The molecule has 0 unspecified atom stereocenters. The van der Waals surface area contributed by atoms with Gasteiger partial charge in [0.2, 0.25) is 5.91 Å². The number of thioether (sulfide) groups is 1. The summed E-state index contributed by atoms with van der Waals surface area (Å²) in [5.41, 5.74) is 2.15. The topological polar surface area (TPSA) is 84.9 Å². The van der Waals surface area contributed by atoms with Crippen LogP contribution in [0, 0.1) is 12.7 Å². The van der Waals surface area contributed by atoms with Crippen LogP contribution in [0.4, 0.5) is 10.1 Å². The number of para-hydroxylation sites is 1. The van der Waals surface area contributed by atoms with Gasteiger partial charge in [0, 0.05) is 24.1 Å². The molecule has 1 N–H and O–H groups in total. The maximum atomic E-state index is 14.7. The second kappa shape index (κ2) is 12.6. The molecule has 10 heteroatoms. The number of sulfonamides is 1. The van der Waals surface area contributed by atoms with Gasteiger partial charge in [-0.3, -0.25) is 9.10 Å². The molecule has 0 radical (unpaired) electrons. The number of hydrogen-bond acceptors (Lipinski definition) is 6. The van der Waals surface area contributed by atoms with E-state index in [0.29, 0.717) is 18.0 Å². The molecule has 0 aliphatic heterocycles. The zero-order valence-electron chi connectivity index (χ0n) is 20.4. The number of methoxy groups -OCH3 is 2. The molecule has 0 saturated carbocycles. The van der Waals surface area contributed by atoms with Crippen LogP contribution >= 0.6 is 11.8 Å². The Labute approximate surface area is 215 Å². The van der Waals surface area contributed by atoms with Crippen LogP contribution < -0.4 is 19.1 Å². The van der Waals surface area contributed by atoms with Crippen LogP contribution in [-0.4, -0.2) is 47.4 Å². The number of carbonyl (C=O) groups is 1. The number of anilines is 1. The van der Waals surface area contributed by atoms with Gasteiger partial charge in [-0.15, -0.1) is 0 Å². The largest absolute Gasteiger partial charge is 0.493 e. The van der Waals surface area contributed by atoms with Crippen molar-refractivity contribution in [1.29, 1.82) is 0 Å². The summed E-state index contributed by atoms with van der Waals surface area (Å²) in [5.74, 6) is 0.672. The highest BCUT2D eigenvalue weighted by atomic mass is 32.2. The minimum Gasteiger partial charge on any atom is -0.493 e. The van der Waals surface area contributed by atoms with Gasteiger partial charge in [0.25, 0.3) is 10.0 Å². The predicted octanol–water partition coefficient (Wildman–Crippen LogP) is 4.40. The molecule has 3 rings (SSSR count). The number of nitrogens with zero attached hydrogens (tertiary/aromatic N) is 1. The quantitative estimate of drug-likeness (QED) is 0.348. The monoisotopic (exact) mass is 532 g/mol. The first kappa shape index (κ1) is 27.3. The fourth-order valence-electron chi connectivity index (χ4n) is 3.38. The summed E-state index contributed by atoms with van der Waals surface area (Å²) in [6.07, 6.45) is 0. The molecule has 0 atom stereocenters. The summed E-state index contributed by atoms with van der Waals surface area (Å²) in [4.78, 5) is 12.6. The summed E-state index contributed by atoms with van der Waals surface area (Å²) in [5, 5.41) is 2.73. The van der Waals surface area contributed by atoms with E-state index in [0.717, 1.165) is 16.1 Å². The van der Waals surface area contributed by atoms with E-state index < -0.39 is 28.3 Å². The van der Waals surface area contributed by atoms with E-state index in [1.807, 2.05) is 19.1 Å². The van der Waals surface area contributed by atoms with Gasteiger partial charge in [-0.2, -0.15) is 11.8 Å². The van der Waals surface area contributed by atoms with Gasteiger partial charge < -0.3 is 14.8 Å². The lowest BCUT2D eigenvalue weighted by Crippen LogP contribution is -2.41. The lowest BCUT2D eigenvalue weighted by atomic mass is 10.2. The second-order valence-electron chi connectivity index (χ2n) is 7.87. The van der Waals surface area contributed by atoms with Crippen molar-refractivity contribution >= 4 is 33.4 Å². The van der Waals surface area contributed by atoms with E-state index in [9.17, 15) is 17.6 Å². The molecule has 0 saturated heterocycles. The number of rotatable bonds is 12. The Morgan fingerprint density at radius 3 is 2.36 bits per heavy atom. The lowest BCUT2D eigenvalue weighted by Gasteiger charge is -2.25. The van der Waals surface area contributed by atoms with Gasteiger partial charge in [-0.25, -0.2) is 12.8 Å². The highest BCUT2D eigenvalue weighted by Gasteiger charge is 2.30. The molecule has 36 heavy (non-hydrogen) atoms. The maximum Gasteiger partial charge on any atom is 0.265 e. The van der Waals surface area contributed by atoms with Crippen molar-refractivity contribution in [3.8, 4) is 11.5 Å². The van der Waals surface area contributed by atoms with Crippen molar-refractivity contribution in [1.82, 2.24) is 5.32 Å². The first-order valence-corrected chi connectivity index (χ1v) is 13.7. The third-order valence-electron chi connectivity index (χ3n) is 5.31. The maximum absolute atomic E-state index is 14.7. The zero-order chi connectivity index (χ0) is 26.1. The highest BCUT2D eigenvalue weighted by Crippen LogP contribution is 2.32. The van der Waals surface area contributed by atoms with Crippen LogP contribution in [-0.2, 0) is 20.6 Å². The Morgan fingerprint density at radius 2 is 1.69 bits per heavy atom. The van der Waals surface area contributed by atoms with Crippen LogP contribution in [0.1, 0.15) is 11.1 Å². The molecule has 1 amide bonds. The van der Waals surface area contributed by atoms with Gasteiger partial charge >= 0.3 is 0 Å². The van der Waals surface area contributed by atoms with Crippen molar-refractivity contribution in [2.24, 2.45) is 0 Å². The number of hydrogen-bond donors (Lipinski definition) is 1. The Hall–Kier alpha value is -3.24. The van der Waals surface area contributed by atoms with Crippen molar-refractivity contribution < 1.29 is 27.1 Å². The first-order chi connectivity index (χ1) is 17.3. The molecule has 0 aromatic heterocycles. The Balaban J connectivity index is 1.72. The molecule has 0 aliphatic carbocycles. The van der Waals surface area contributed by atoms with Gasteiger partial charge in [0.1, 0.15) is 12.4 Å². The van der Waals surface area contributed by atoms with Gasteiger partial charge in [-0.05, 0) is 36.8 Å². The molecule has 0 aliphatic rings. The normalized spacial score (nSPS) is 11.1. The van der Waals surface area contributed by atoms with E-state index in [2.05, 4.69) is 17.4 Å². The fraction of sp³-hybridized carbons (Fsp3) is 0.269. The van der Waals surface area contributed by atoms with E-state index in [-0.39, 0.29) is 16.3 Å². The average Bonchev–Trinajstić information content (AvgIpc) is 2.88. The minimum atomic E-state index is -4.31. The highest BCUT2D eigenvalue weighted by molar-refractivity contribution is 7.98. The minimum absolute atomic E-state index is 0.162. The van der Waals surface area contributed by atoms with Gasteiger partial charge in [-0.1, -0.05) is 42.0 Å². The average molecular weight is 533 g/mol. The predicted molar refractivity (Wildman–Crippen MR) is 141 cm³/mol. The number of nitrogens with one attached hydrogen (secondary N) is 1. The second-order valence-corrected chi connectivity index (χ2v) is 10.8. The summed E-state index contributed by atoms with van der Waals surface area (Å²) < 4.78 is 52.8. The van der Waals surface area contributed by atoms with Gasteiger partial charge in [0.15, 0.2) is 11.5 Å². The number of amides is 1. The van der Waals surface area contributed by atoms with Crippen LogP contribution in [0.3, 0.4) is 0 Å². The summed E-state index contributed by atoms with van der Waals surface area (Å²) >= 11 is 1.65. The molecule has 192 valence electrons. The standard InChI is InChI=1S/C26H29FN2O5S2/c1-19-8-10-20(11-9-19)18-35-15-14-28-26(30)17-29(23-7-5-4-6-22(23)27)36(31,32)21-12-13-24(33-2)25(16-21)34-3/h4-13,16H,14-15,17-18H2,1-3H3,(H,28,30). The van der Waals surface area contributed by atoms with Crippen LogP contribution in [0.2, 0.25) is 0 Å². The van der Waals surface area contributed by atoms with Crippen molar-refractivity contribution in [3.63, 3.8) is 0 Å². The summed E-state index contributed by atoms with van der Waals surface area (Å²) in [6.45, 7) is 1.79. The van der Waals surface area contributed by atoms with Gasteiger partial charge in [0.05, 0.1) is 24.8 Å². The summed E-state index contributed by atoms with van der Waals surface area (Å²) in [6, 6.07) is 17.7. The van der Waals surface area contributed by atoms with E-state index in [1.54, 1.807) is 11.8 Å². The van der Waals surface area contributed by atoms with Crippen LogP contribution in [0.15, 0.2) is 71.6 Å². The third kappa shape index (κ3) is 6.92. The molecular weight excluding hydrogens is 503 g/mol. The molecule has 0 spiro atoms. The molecule has 3 aromatic rings. The first-order valence-electron chi connectivity index (χ1n) is 11.2. The fourth-order valence-corrected chi connectivity index (χ4v) is 5.64. The molecule has 0 heterocycles. The zero-order valence-corrected chi connectivity index (χ0v) is 22.0. The number of carbonyl (C=O) groups excluding carboxylic acids is 1. The number of aryl methyl sites for hydroxylation is 1. The Bertz CT molecular complexity index is 1280. The van der Waals surface area contributed by atoms with Crippen LogP contribution in [0.25, 0.3) is 0 Å². The molecule has 0 fully saturated rings. The Kier molecular flexibility index (Phi) is 9.60. The SMILES string of the molecule is COc1ccc(S(=O)(=O)N(CC(=O)NCCSCc2ccc(C)cc2)c2ccccc2F)cc1OC. The molecule has 7 nitrogen and oxygen atoms in total. The van der Waals surface area contributed by atoms with E-state index in [1.165, 1.54) is 61.7 Å². The van der Waals surface area contributed by atoms with E-state index >= 15 is 0 Å². The smallest absolute Gasteiger partial charge is 0.265 e. The molecule has 3 aromatic carbocycles. The van der Waals surface area contributed by atoms with Crippen molar-refractivity contribution in [2.75, 3.05) is 37.4 Å². The van der Waals surface area contributed by atoms with Crippen molar-refractivity contribution in [2.45, 2.75) is 17.6 Å². The number of benzene rings is 3. The molecule has 0 bridgehead atoms. The number of halogens is 1. The van der Waals surface area contributed by atoms with Crippen LogP contribution in [0.5, 0.6) is 11.5 Å². The lowest BCUT2D eigenvalue weighted by molar-refractivity contribution is -0.119. The summed E-state index contributed by atoms with van der Waals surface area (Å²) in [7, 11) is -1.50.